The third-order valence-electron chi connectivity index (χ3n) is 5.66. The van der Waals surface area contributed by atoms with Crippen molar-refractivity contribution >= 4 is 17.7 Å². The maximum Gasteiger partial charge on any atom is 0.277 e. The number of carbonyl (C=O) groups is 1. The van der Waals surface area contributed by atoms with E-state index in [1.807, 2.05) is 4.57 Å². The summed E-state index contributed by atoms with van der Waals surface area (Å²) in [6.45, 7) is 0.286. The maximum atomic E-state index is 13.3. The van der Waals surface area contributed by atoms with Gasteiger partial charge in [0.25, 0.3) is 11.5 Å². The van der Waals surface area contributed by atoms with Gasteiger partial charge in [-0.25, -0.2) is 14.4 Å². The molecule has 10 heteroatoms. The molecule has 5 aromatic rings. The van der Waals surface area contributed by atoms with Gasteiger partial charge < -0.3 is 9.73 Å². The quantitative estimate of drug-likeness (QED) is 0.221. The number of nitrogens with zero attached hydrogens (tertiary/aromatic N) is 4. The van der Waals surface area contributed by atoms with E-state index in [2.05, 4.69) is 20.3 Å². The fourth-order valence-electron chi connectivity index (χ4n) is 3.71. The van der Waals surface area contributed by atoms with Gasteiger partial charge in [-0.2, -0.15) is 4.98 Å². The van der Waals surface area contributed by atoms with E-state index in [0.717, 1.165) is 16.8 Å². The first-order valence-corrected chi connectivity index (χ1v) is 12.7. The second kappa shape index (κ2) is 11.7. The number of rotatable bonds is 9. The molecule has 0 saturated carbocycles. The van der Waals surface area contributed by atoms with Gasteiger partial charge in [-0.3, -0.25) is 14.2 Å². The van der Waals surface area contributed by atoms with Crippen LogP contribution < -0.4 is 10.9 Å². The Balaban J connectivity index is 1.42. The molecule has 0 aliphatic rings. The molecule has 0 bridgehead atoms. The first-order valence-electron chi connectivity index (χ1n) is 11.7. The minimum absolute atomic E-state index is 0.235. The smallest absolute Gasteiger partial charge is 0.277 e. The Morgan fingerprint density at radius 2 is 1.76 bits per heavy atom. The molecule has 0 spiro atoms. The van der Waals surface area contributed by atoms with Gasteiger partial charge >= 0.3 is 0 Å². The fourth-order valence-corrected chi connectivity index (χ4v) is 4.65. The Hall–Kier alpha value is -4.57. The minimum atomic E-state index is -0.347. The highest BCUT2D eigenvalue weighted by atomic mass is 32.2. The SMILES string of the molecule is O=C(NCc1ccco1)c1ccc(-n2cc(Cc3cncnc3)c(=O)nc2SCc2ccc(F)cc2)cc1. The number of hydrogen-bond donors (Lipinski definition) is 1. The molecule has 0 radical (unpaired) electrons. The van der Waals surface area contributed by atoms with Crippen molar-refractivity contribution < 1.29 is 13.6 Å². The van der Waals surface area contributed by atoms with Crippen molar-refractivity contribution in [2.45, 2.75) is 23.9 Å². The summed E-state index contributed by atoms with van der Waals surface area (Å²) in [6.07, 6.45) is 8.37. The predicted octanol–water partition coefficient (Wildman–Crippen LogP) is 4.57. The molecule has 1 amide bonds. The van der Waals surface area contributed by atoms with Crippen molar-refractivity contribution in [3.8, 4) is 5.69 Å². The number of hydrogen-bond acceptors (Lipinski definition) is 7. The van der Waals surface area contributed by atoms with Crippen molar-refractivity contribution in [2.75, 3.05) is 0 Å². The van der Waals surface area contributed by atoms with Crippen molar-refractivity contribution in [2.24, 2.45) is 0 Å². The average molecular weight is 528 g/mol. The Morgan fingerprint density at radius 1 is 1.00 bits per heavy atom. The molecule has 1 N–H and O–H groups in total. The zero-order valence-corrected chi connectivity index (χ0v) is 20.9. The lowest BCUT2D eigenvalue weighted by atomic mass is 10.1. The Labute approximate surface area is 221 Å². The number of thioether (sulfide) groups is 1. The van der Waals surface area contributed by atoms with E-state index in [-0.39, 0.29) is 23.8 Å². The van der Waals surface area contributed by atoms with E-state index in [1.54, 1.807) is 73.4 Å². The number of benzene rings is 2. The molecule has 5 rings (SSSR count). The maximum absolute atomic E-state index is 13.3. The molecule has 2 aromatic carbocycles. The van der Waals surface area contributed by atoms with E-state index >= 15 is 0 Å². The van der Waals surface area contributed by atoms with E-state index in [9.17, 15) is 14.0 Å². The van der Waals surface area contributed by atoms with Crippen molar-refractivity contribution in [1.29, 1.82) is 0 Å². The number of aromatic nitrogens is 4. The first kappa shape index (κ1) is 25.1. The first-order chi connectivity index (χ1) is 18.5. The van der Waals surface area contributed by atoms with Crippen LogP contribution in [0.15, 0.2) is 106 Å². The zero-order chi connectivity index (χ0) is 26.3. The molecule has 3 aromatic heterocycles. The summed E-state index contributed by atoms with van der Waals surface area (Å²) in [4.78, 5) is 37.9. The Bertz CT molecular complexity index is 1570. The van der Waals surface area contributed by atoms with Crippen LogP contribution in [0.4, 0.5) is 4.39 Å². The topological polar surface area (TPSA) is 103 Å². The van der Waals surface area contributed by atoms with Crippen molar-refractivity contribution in [3.63, 3.8) is 0 Å². The molecule has 0 atom stereocenters. The summed E-state index contributed by atoms with van der Waals surface area (Å²) >= 11 is 1.36. The number of carbonyl (C=O) groups excluding carboxylic acids is 1. The zero-order valence-electron chi connectivity index (χ0n) is 20.1. The van der Waals surface area contributed by atoms with Gasteiger partial charge in [0.05, 0.1) is 12.8 Å². The summed E-state index contributed by atoms with van der Waals surface area (Å²) in [6, 6.07) is 16.8. The molecule has 0 aliphatic heterocycles. The van der Waals surface area contributed by atoms with E-state index in [1.165, 1.54) is 30.2 Å². The highest BCUT2D eigenvalue weighted by molar-refractivity contribution is 7.98. The Morgan fingerprint density at radius 3 is 2.47 bits per heavy atom. The molecule has 190 valence electrons. The molecule has 0 saturated heterocycles. The normalized spacial score (nSPS) is 10.9. The van der Waals surface area contributed by atoms with Crippen LogP contribution in [0.1, 0.15) is 32.8 Å². The van der Waals surface area contributed by atoms with Gasteiger partial charge in [-0.1, -0.05) is 23.9 Å². The highest BCUT2D eigenvalue weighted by Gasteiger charge is 2.14. The molecular weight excluding hydrogens is 505 g/mol. The van der Waals surface area contributed by atoms with Crippen molar-refractivity contribution in [1.82, 2.24) is 24.8 Å². The summed E-state index contributed by atoms with van der Waals surface area (Å²) in [5.74, 6) is 0.609. The van der Waals surface area contributed by atoms with Crippen molar-refractivity contribution in [3.05, 3.63) is 136 Å². The summed E-state index contributed by atoms with van der Waals surface area (Å²) in [5, 5.41) is 3.30. The largest absolute Gasteiger partial charge is 0.467 e. The monoisotopic (exact) mass is 527 g/mol. The van der Waals surface area contributed by atoms with Crippen LogP contribution >= 0.6 is 11.8 Å². The molecule has 0 unspecified atom stereocenters. The standard InChI is InChI=1S/C28H22FN5O3S/c29-23-7-3-19(4-8-23)17-38-28-33-27(36)22(12-20-13-30-18-31-14-20)16-34(28)24-9-5-21(6-10-24)26(35)32-15-25-2-1-11-37-25/h1-11,13-14,16,18H,12,15,17H2,(H,32,35). The second-order valence-corrected chi connectivity index (χ2v) is 9.31. The summed E-state index contributed by atoms with van der Waals surface area (Å²) < 4.78 is 20.4. The average Bonchev–Trinajstić information content (AvgIpc) is 3.47. The van der Waals surface area contributed by atoms with E-state index < -0.39 is 0 Å². The van der Waals surface area contributed by atoms with E-state index in [4.69, 9.17) is 4.42 Å². The summed E-state index contributed by atoms with van der Waals surface area (Å²) in [5.41, 5.74) is 3.02. The van der Waals surface area contributed by atoms with Crippen LogP contribution in [0.2, 0.25) is 0 Å². The second-order valence-electron chi connectivity index (χ2n) is 8.37. The van der Waals surface area contributed by atoms with Crippen LogP contribution in [0.3, 0.4) is 0 Å². The van der Waals surface area contributed by atoms with Gasteiger partial charge in [-0.05, 0) is 59.7 Å². The minimum Gasteiger partial charge on any atom is -0.467 e. The lowest BCUT2D eigenvalue weighted by Crippen LogP contribution is -2.22. The van der Waals surface area contributed by atoms with Crippen LogP contribution in [-0.4, -0.2) is 25.4 Å². The molecule has 3 heterocycles. The number of amides is 1. The number of nitrogens with one attached hydrogen (secondary N) is 1. The van der Waals surface area contributed by atoms with Crippen LogP contribution in [0.25, 0.3) is 5.69 Å². The third-order valence-corrected chi connectivity index (χ3v) is 6.69. The van der Waals surface area contributed by atoms with Crippen LogP contribution in [-0.2, 0) is 18.7 Å². The van der Waals surface area contributed by atoms with Gasteiger partial charge in [0.2, 0.25) is 0 Å². The number of furan rings is 1. The molecular formula is C28H22FN5O3S. The summed E-state index contributed by atoms with van der Waals surface area (Å²) in [7, 11) is 0. The van der Waals surface area contributed by atoms with Gasteiger partial charge in [-0.15, -0.1) is 0 Å². The van der Waals surface area contributed by atoms with Gasteiger partial charge in [0.15, 0.2) is 5.16 Å². The van der Waals surface area contributed by atoms with E-state index in [0.29, 0.717) is 34.2 Å². The molecule has 0 aliphatic carbocycles. The molecule has 0 fully saturated rings. The third kappa shape index (κ3) is 6.22. The molecule has 8 nitrogen and oxygen atoms in total. The van der Waals surface area contributed by atoms with Gasteiger partial charge in [0.1, 0.15) is 17.9 Å². The molecule has 38 heavy (non-hydrogen) atoms. The lowest BCUT2D eigenvalue weighted by molar-refractivity contribution is 0.0948. The Kier molecular flexibility index (Phi) is 7.70. The van der Waals surface area contributed by atoms with Crippen LogP contribution in [0, 0.1) is 5.82 Å². The van der Waals surface area contributed by atoms with Crippen LogP contribution in [0.5, 0.6) is 0 Å². The van der Waals surface area contributed by atoms with Gasteiger partial charge in [0, 0.05) is 47.6 Å². The number of halogens is 1. The lowest BCUT2D eigenvalue weighted by Gasteiger charge is -2.15. The predicted molar refractivity (Wildman–Crippen MR) is 141 cm³/mol. The highest BCUT2D eigenvalue weighted by Crippen LogP contribution is 2.24. The fraction of sp³-hybridized carbons (Fsp3) is 0.107.